The molecule has 0 bridgehead atoms. The molecule has 29 heavy (non-hydrogen) atoms. The van der Waals surface area contributed by atoms with Crippen LogP contribution in [0.4, 0.5) is 0 Å². The molecule has 0 amide bonds. The van der Waals surface area contributed by atoms with Crippen LogP contribution in [0.5, 0.6) is 0 Å². The molecule has 0 saturated heterocycles. The third-order valence-corrected chi connectivity index (χ3v) is 8.16. The van der Waals surface area contributed by atoms with E-state index in [2.05, 4.69) is 0 Å². The van der Waals surface area contributed by atoms with Gasteiger partial charge < -0.3 is 0 Å². The average molecular weight is 463 g/mol. The normalized spacial score (nSPS) is 12.0. The summed E-state index contributed by atoms with van der Waals surface area (Å²) >= 11 is -3.54. The van der Waals surface area contributed by atoms with Crippen molar-refractivity contribution in [2.24, 2.45) is 5.73 Å². The van der Waals surface area contributed by atoms with Crippen LogP contribution in [-0.2, 0) is 56.1 Å². The van der Waals surface area contributed by atoms with Crippen molar-refractivity contribution in [2.45, 2.75) is 11.1 Å². The zero-order valence-corrected chi connectivity index (χ0v) is 19.9. The Balaban J connectivity index is 4.52. The molecule has 176 valence electrons. The van der Waals surface area contributed by atoms with Gasteiger partial charge in [0.2, 0.25) is 0 Å². The molecule has 0 aliphatic rings. The molecule has 0 fully saturated rings. The van der Waals surface area contributed by atoms with E-state index in [1.807, 2.05) is 0 Å². The Morgan fingerprint density at radius 2 is 0.862 bits per heavy atom. The number of rotatable bonds is 24. The van der Waals surface area contributed by atoms with Crippen molar-refractivity contribution < 1.29 is 56.1 Å². The van der Waals surface area contributed by atoms with E-state index < -0.39 is 17.8 Å². The van der Waals surface area contributed by atoms with Gasteiger partial charge in [-0.1, -0.05) is 0 Å². The van der Waals surface area contributed by atoms with Gasteiger partial charge in [0.05, 0.1) is 0 Å². The Hall–Kier alpha value is 0.314. The van der Waals surface area contributed by atoms with Crippen LogP contribution >= 0.6 is 0 Å². The molecular formula is C18H41NO9Ti. The summed E-state index contributed by atoms with van der Waals surface area (Å²) in [5.41, 5.74) is 5.71. The summed E-state index contributed by atoms with van der Waals surface area (Å²) in [6.07, 6.45) is 0.763. The first kappa shape index (κ1) is 29.3. The van der Waals surface area contributed by atoms with E-state index in [4.69, 9.17) is 44.1 Å². The van der Waals surface area contributed by atoms with Gasteiger partial charge in [0.15, 0.2) is 0 Å². The fourth-order valence-electron chi connectivity index (χ4n) is 2.16. The van der Waals surface area contributed by atoms with Crippen LogP contribution in [0.2, 0.25) is 4.73 Å². The standard InChI is InChI=1S/3C5H11O3.C3H8N.Ti/c3*1-7-4-5-8-3-2-6;1-2-3-4;/h3*2-5H2,1H3;1-4H2;/q3*-1;;+3. The molecule has 0 atom stereocenters. The molecule has 0 aliphatic carbocycles. The van der Waals surface area contributed by atoms with Gasteiger partial charge >= 0.3 is 180 Å². The minimum absolute atomic E-state index is 0.392. The first-order chi connectivity index (χ1) is 14.2. The molecule has 0 rings (SSSR count). The van der Waals surface area contributed by atoms with Crippen LogP contribution in [0.3, 0.4) is 0 Å². The molecular weight excluding hydrogens is 422 g/mol. The van der Waals surface area contributed by atoms with Crippen LogP contribution in [-0.4, -0.2) is 107 Å². The summed E-state index contributed by atoms with van der Waals surface area (Å²) in [7, 11) is 4.91. The van der Waals surface area contributed by atoms with Gasteiger partial charge in [-0.2, -0.15) is 0 Å². The monoisotopic (exact) mass is 463 g/mol. The van der Waals surface area contributed by atoms with E-state index >= 15 is 0 Å². The predicted molar refractivity (Wildman–Crippen MR) is 104 cm³/mol. The molecule has 2 N–H and O–H groups in total. The van der Waals surface area contributed by atoms with Crippen LogP contribution < -0.4 is 5.73 Å². The number of hydrogen-bond acceptors (Lipinski definition) is 10. The average Bonchev–Trinajstić information content (AvgIpc) is 2.74. The van der Waals surface area contributed by atoms with Gasteiger partial charge in [-0.25, -0.2) is 0 Å². The topological polar surface area (TPSA) is 109 Å². The molecule has 0 aromatic carbocycles. The van der Waals surface area contributed by atoms with Gasteiger partial charge in [0.25, 0.3) is 0 Å². The Bertz CT molecular complexity index is 289. The summed E-state index contributed by atoms with van der Waals surface area (Å²) in [6.45, 7) is 6.25. The van der Waals surface area contributed by atoms with Gasteiger partial charge in [-0.05, 0) is 0 Å². The van der Waals surface area contributed by atoms with Crippen molar-refractivity contribution in [3.05, 3.63) is 0 Å². The SMILES string of the molecule is COCCOCC[O][Ti]([CH2]CCN)([O]CCOCCOC)[O]CCOCCOC. The summed E-state index contributed by atoms with van der Waals surface area (Å²) in [5, 5.41) is 0. The molecule has 0 aromatic heterocycles. The molecule has 0 heterocycles. The fraction of sp³-hybridized carbons (Fsp3) is 1.00. The maximum absolute atomic E-state index is 6.13. The summed E-state index contributed by atoms with van der Waals surface area (Å²) in [4.78, 5) is 0. The molecule has 0 unspecified atom stereocenters. The Morgan fingerprint density at radius 1 is 0.517 bits per heavy atom. The molecule has 0 aromatic rings. The van der Waals surface area contributed by atoms with Gasteiger partial charge in [0, 0.05) is 0 Å². The van der Waals surface area contributed by atoms with Crippen LogP contribution in [0.25, 0.3) is 0 Å². The van der Waals surface area contributed by atoms with Gasteiger partial charge in [-0.3, -0.25) is 0 Å². The van der Waals surface area contributed by atoms with Crippen LogP contribution in [0.1, 0.15) is 6.42 Å². The molecule has 0 radical (unpaired) electrons. The quantitative estimate of drug-likeness (QED) is 0.162. The zero-order chi connectivity index (χ0) is 21.5. The minimum atomic E-state index is -3.54. The van der Waals surface area contributed by atoms with Crippen molar-refractivity contribution in [3.63, 3.8) is 0 Å². The summed E-state index contributed by atoms with van der Waals surface area (Å²) in [6, 6.07) is 0. The van der Waals surface area contributed by atoms with E-state index in [-0.39, 0.29) is 0 Å². The van der Waals surface area contributed by atoms with Crippen molar-refractivity contribution in [1.82, 2.24) is 0 Å². The zero-order valence-electron chi connectivity index (χ0n) is 18.4. The van der Waals surface area contributed by atoms with Crippen LogP contribution in [0.15, 0.2) is 0 Å². The Kier molecular flexibility index (Phi) is 23.2. The molecule has 0 spiro atoms. The second-order valence-corrected chi connectivity index (χ2v) is 10.2. The maximum atomic E-state index is 6.13. The first-order valence-corrected chi connectivity index (χ1v) is 13.1. The van der Waals surface area contributed by atoms with Gasteiger partial charge in [-0.15, -0.1) is 0 Å². The predicted octanol–water partition coefficient (Wildman–Crippen LogP) is 0.691. The van der Waals surface area contributed by atoms with E-state index in [1.165, 1.54) is 0 Å². The number of ether oxygens (including phenoxy) is 6. The second-order valence-electron chi connectivity index (χ2n) is 5.94. The van der Waals surface area contributed by atoms with Crippen molar-refractivity contribution in [1.29, 1.82) is 0 Å². The molecule has 0 aliphatic heterocycles. The third-order valence-electron chi connectivity index (χ3n) is 3.63. The van der Waals surface area contributed by atoms with E-state index in [0.29, 0.717) is 90.6 Å². The van der Waals surface area contributed by atoms with E-state index in [0.717, 1.165) is 6.42 Å². The number of hydrogen-bond donors (Lipinski definition) is 1. The van der Waals surface area contributed by atoms with E-state index in [9.17, 15) is 0 Å². The third kappa shape index (κ3) is 18.8. The number of nitrogens with two attached hydrogens (primary N) is 1. The summed E-state index contributed by atoms with van der Waals surface area (Å²) < 4.78 is 50.4. The number of methoxy groups -OCH3 is 3. The fourth-order valence-corrected chi connectivity index (χ4v) is 6.07. The Labute approximate surface area is 180 Å². The van der Waals surface area contributed by atoms with Gasteiger partial charge in [0.1, 0.15) is 0 Å². The van der Waals surface area contributed by atoms with Crippen LogP contribution in [0, 0.1) is 0 Å². The second kappa shape index (κ2) is 23.0. The first-order valence-electron chi connectivity index (χ1n) is 10.1. The van der Waals surface area contributed by atoms with Crippen molar-refractivity contribution >= 4 is 0 Å². The molecule has 0 saturated carbocycles. The van der Waals surface area contributed by atoms with Crippen molar-refractivity contribution in [2.75, 3.05) is 107 Å². The summed E-state index contributed by atoms with van der Waals surface area (Å²) in [5.74, 6) is 0. The molecule has 10 nitrogen and oxygen atoms in total. The Morgan fingerprint density at radius 3 is 1.17 bits per heavy atom. The van der Waals surface area contributed by atoms with Crippen molar-refractivity contribution in [3.8, 4) is 0 Å². The van der Waals surface area contributed by atoms with E-state index in [1.54, 1.807) is 21.3 Å². The molecule has 11 heteroatoms.